The molecule has 1 aromatic rings. The Morgan fingerprint density at radius 3 is 2.89 bits per heavy atom. The van der Waals surface area contributed by atoms with E-state index in [1.165, 1.54) is 31.2 Å². The highest BCUT2D eigenvalue weighted by Gasteiger charge is 2.19. The Kier molecular flexibility index (Phi) is 5.43. The van der Waals surface area contributed by atoms with Crippen LogP contribution in [-0.2, 0) is 5.75 Å². The van der Waals surface area contributed by atoms with Crippen LogP contribution >= 0.6 is 27.7 Å². The van der Waals surface area contributed by atoms with Gasteiger partial charge in [0.05, 0.1) is 11.6 Å². The molecule has 1 fully saturated rings. The van der Waals surface area contributed by atoms with Crippen molar-refractivity contribution in [3.8, 4) is 5.75 Å². The molecule has 2 rings (SSSR count). The summed E-state index contributed by atoms with van der Waals surface area (Å²) in [7, 11) is 1.71. The van der Waals surface area contributed by atoms with Crippen LogP contribution in [0.15, 0.2) is 22.7 Å². The number of halogens is 1. The highest BCUT2D eigenvalue weighted by molar-refractivity contribution is 9.10. The van der Waals surface area contributed by atoms with Gasteiger partial charge in [-0.3, -0.25) is 0 Å². The molecule has 0 aromatic heterocycles. The Balaban J connectivity index is 1.88. The lowest BCUT2D eigenvalue weighted by molar-refractivity contribution is 0.394. The van der Waals surface area contributed by atoms with E-state index < -0.39 is 0 Å². The zero-order chi connectivity index (χ0) is 13.0. The van der Waals surface area contributed by atoms with Gasteiger partial charge in [-0.05, 0) is 52.4 Å². The Morgan fingerprint density at radius 1 is 1.39 bits per heavy atom. The Labute approximate surface area is 123 Å². The highest BCUT2D eigenvalue weighted by Crippen LogP contribution is 2.34. The summed E-state index contributed by atoms with van der Waals surface area (Å²) in [6.07, 6.45) is 5.62. The molecule has 0 heterocycles. The normalized spacial score (nSPS) is 23.9. The van der Waals surface area contributed by atoms with Gasteiger partial charge >= 0.3 is 0 Å². The topological polar surface area (TPSA) is 9.23 Å². The van der Waals surface area contributed by atoms with Crippen molar-refractivity contribution in [3.63, 3.8) is 0 Å². The second kappa shape index (κ2) is 6.85. The molecular formula is C15H21BrOS. The minimum Gasteiger partial charge on any atom is -0.496 e. The third-order valence-corrected chi connectivity index (χ3v) is 5.61. The van der Waals surface area contributed by atoms with Crippen LogP contribution in [0.4, 0.5) is 0 Å². The number of hydrogen-bond donors (Lipinski definition) is 0. The number of thioether (sulfide) groups is 1. The van der Waals surface area contributed by atoms with Crippen molar-refractivity contribution in [2.45, 2.75) is 43.6 Å². The quantitative estimate of drug-likeness (QED) is 0.744. The maximum absolute atomic E-state index is 5.25. The van der Waals surface area contributed by atoms with Crippen LogP contribution in [0.1, 0.15) is 38.2 Å². The lowest BCUT2D eigenvalue weighted by Gasteiger charge is -2.26. The molecule has 2 atom stereocenters. The fourth-order valence-electron chi connectivity index (χ4n) is 2.54. The van der Waals surface area contributed by atoms with Crippen molar-refractivity contribution in [1.82, 2.24) is 0 Å². The van der Waals surface area contributed by atoms with Crippen LogP contribution in [0, 0.1) is 5.92 Å². The first-order valence-electron chi connectivity index (χ1n) is 6.63. The van der Waals surface area contributed by atoms with Gasteiger partial charge in [-0.15, -0.1) is 0 Å². The molecule has 0 N–H and O–H groups in total. The number of methoxy groups -OCH3 is 1. The average Bonchev–Trinajstić information content (AvgIpc) is 2.37. The first-order chi connectivity index (χ1) is 8.69. The summed E-state index contributed by atoms with van der Waals surface area (Å²) < 4.78 is 6.31. The summed E-state index contributed by atoms with van der Waals surface area (Å²) >= 11 is 5.66. The van der Waals surface area contributed by atoms with Crippen molar-refractivity contribution in [2.75, 3.05) is 7.11 Å². The molecule has 0 saturated heterocycles. The van der Waals surface area contributed by atoms with Gasteiger partial charge in [-0.2, -0.15) is 11.8 Å². The predicted molar refractivity (Wildman–Crippen MR) is 83.4 cm³/mol. The van der Waals surface area contributed by atoms with Gasteiger partial charge in [0.25, 0.3) is 0 Å². The van der Waals surface area contributed by atoms with Gasteiger partial charge < -0.3 is 4.74 Å². The zero-order valence-corrected chi connectivity index (χ0v) is 13.5. The van der Waals surface area contributed by atoms with Crippen molar-refractivity contribution in [3.05, 3.63) is 28.2 Å². The molecule has 2 unspecified atom stereocenters. The summed E-state index contributed by atoms with van der Waals surface area (Å²) in [6, 6.07) is 6.39. The van der Waals surface area contributed by atoms with E-state index in [0.29, 0.717) is 0 Å². The third kappa shape index (κ3) is 3.92. The summed E-state index contributed by atoms with van der Waals surface area (Å²) in [6.45, 7) is 2.39. The molecule has 3 heteroatoms. The van der Waals surface area contributed by atoms with Crippen LogP contribution in [0.3, 0.4) is 0 Å². The van der Waals surface area contributed by atoms with Crippen molar-refractivity contribution in [1.29, 1.82) is 0 Å². The number of benzene rings is 1. The van der Waals surface area contributed by atoms with Crippen molar-refractivity contribution < 1.29 is 4.74 Å². The van der Waals surface area contributed by atoms with E-state index in [0.717, 1.165) is 27.1 Å². The Hall–Kier alpha value is -0.150. The molecule has 1 aromatic carbocycles. The van der Waals surface area contributed by atoms with E-state index in [4.69, 9.17) is 4.74 Å². The van der Waals surface area contributed by atoms with E-state index in [1.54, 1.807) is 7.11 Å². The molecule has 0 radical (unpaired) electrons. The Morgan fingerprint density at radius 2 is 2.22 bits per heavy atom. The second-order valence-electron chi connectivity index (χ2n) is 5.17. The summed E-state index contributed by atoms with van der Waals surface area (Å²) in [4.78, 5) is 0. The van der Waals surface area contributed by atoms with E-state index in [-0.39, 0.29) is 0 Å². The molecule has 0 bridgehead atoms. The van der Waals surface area contributed by atoms with Crippen molar-refractivity contribution >= 4 is 27.7 Å². The fraction of sp³-hybridized carbons (Fsp3) is 0.600. The minimum atomic E-state index is 0.856. The number of ether oxygens (including phenoxy) is 1. The van der Waals surface area contributed by atoms with Crippen molar-refractivity contribution in [2.24, 2.45) is 5.92 Å². The standard InChI is InChI=1S/C15H21BrOS/c1-11-4-3-5-13(8-11)18-10-12-6-7-15(17-2)14(16)9-12/h6-7,9,11,13H,3-5,8,10H2,1-2H3. The Bertz CT molecular complexity index is 394. The van der Waals surface area contributed by atoms with E-state index in [9.17, 15) is 0 Å². The molecule has 1 nitrogen and oxygen atoms in total. The summed E-state index contributed by atoms with van der Waals surface area (Å²) in [5, 5.41) is 0.856. The van der Waals surface area contributed by atoms with E-state index in [1.807, 2.05) is 6.07 Å². The molecule has 1 aliphatic rings. The van der Waals surface area contributed by atoms with Crippen LogP contribution in [0.5, 0.6) is 5.75 Å². The molecular weight excluding hydrogens is 308 g/mol. The molecule has 1 saturated carbocycles. The molecule has 1 aliphatic carbocycles. The lowest BCUT2D eigenvalue weighted by Crippen LogP contribution is -2.15. The monoisotopic (exact) mass is 328 g/mol. The molecule has 100 valence electrons. The number of hydrogen-bond acceptors (Lipinski definition) is 2. The molecule has 0 spiro atoms. The first-order valence-corrected chi connectivity index (χ1v) is 8.47. The predicted octanol–water partition coefficient (Wildman–Crippen LogP) is 5.27. The van der Waals surface area contributed by atoms with Gasteiger partial charge in [-0.25, -0.2) is 0 Å². The zero-order valence-electron chi connectivity index (χ0n) is 11.1. The maximum Gasteiger partial charge on any atom is 0.133 e. The van der Waals surface area contributed by atoms with E-state index in [2.05, 4.69) is 46.7 Å². The lowest BCUT2D eigenvalue weighted by atomic mass is 9.91. The van der Waals surface area contributed by atoms with Gasteiger partial charge in [0.15, 0.2) is 0 Å². The molecule has 0 amide bonds. The fourth-order valence-corrected chi connectivity index (χ4v) is 4.54. The third-order valence-electron chi connectivity index (χ3n) is 3.59. The SMILES string of the molecule is COc1ccc(CSC2CCCC(C)C2)cc1Br. The van der Waals surface area contributed by atoms with Gasteiger partial charge in [-0.1, -0.05) is 25.8 Å². The highest BCUT2D eigenvalue weighted by atomic mass is 79.9. The summed E-state index contributed by atoms with van der Waals surface area (Å²) in [5.74, 6) is 2.94. The van der Waals surface area contributed by atoms with Crippen LogP contribution < -0.4 is 4.74 Å². The van der Waals surface area contributed by atoms with Crippen LogP contribution in [0.2, 0.25) is 0 Å². The summed E-state index contributed by atoms with van der Waals surface area (Å²) in [5.41, 5.74) is 1.38. The van der Waals surface area contributed by atoms with Gasteiger partial charge in [0.2, 0.25) is 0 Å². The van der Waals surface area contributed by atoms with E-state index >= 15 is 0 Å². The van der Waals surface area contributed by atoms with Gasteiger partial charge in [0, 0.05) is 11.0 Å². The molecule has 18 heavy (non-hydrogen) atoms. The largest absolute Gasteiger partial charge is 0.496 e. The molecule has 0 aliphatic heterocycles. The maximum atomic E-state index is 5.25. The minimum absolute atomic E-state index is 0.856. The first kappa shape index (κ1) is 14.3. The van der Waals surface area contributed by atoms with Crippen LogP contribution in [-0.4, -0.2) is 12.4 Å². The second-order valence-corrected chi connectivity index (χ2v) is 7.32. The average molecular weight is 329 g/mol. The smallest absolute Gasteiger partial charge is 0.133 e. The number of rotatable bonds is 4. The van der Waals surface area contributed by atoms with Crippen LogP contribution in [0.25, 0.3) is 0 Å². The van der Waals surface area contributed by atoms with Gasteiger partial charge in [0.1, 0.15) is 5.75 Å².